The molecule has 2 unspecified atom stereocenters. The number of anilines is 2. The van der Waals surface area contributed by atoms with E-state index in [2.05, 4.69) is 76.7 Å². The smallest absolute Gasteiger partial charge is 0.225 e. The van der Waals surface area contributed by atoms with E-state index in [1.807, 2.05) is 20.2 Å². The molecule has 2 heterocycles. The summed E-state index contributed by atoms with van der Waals surface area (Å²) in [5.41, 5.74) is 3.85. The van der Waals surface area contributed by atoms with Gasteiger partial charge in [-0.25, -0.2) is 4.98 Å². The van der Waals surface area contributed by atoms with Gasteiger partial charge in [-0.05, 0) is 87.4 Å². The maximum Gasteiger partial charge on any atom is 0.225 e. The number of aromatic nitrogens is 2. The molecule has 6 heteroatoms. The van der Waals surface area contributed by atoms with Crippen LogP contribution in [0, 0.1) is 18.8 Å². The standard InChI is InChI=1S/C29H39N5S/c1-20-8-12-23(13-9-20)27-16-22(19-35-27)18-30-17-21-10-14-24(15-11-21)31-29-32-26-7-5-4-6-25(26)28(33-29)34(2)3/h4-9,12-13,21-22,24,27,30H,10-11,14-19H2,1-3H3,(H,31,32,33). The van der Waals surface area contributed by atoms with Gasteiger partial charge in [-0.15, -0.1) is 0 Å². The van der Waals surface area contributed by atoms with Gasteiger partial charge in [-0.2, -0.15) is 16.7 Å². The molecule has 3 aromatic rings. The van der Waals surface area contributed by atoms with Crippen LogP contribution < -0.4 is 15.5 Å². The molecule has 5 rings (SSSR count). The molecule has 2 N–H and O–H groups in total. The summed E-state index contributed by atoms with van der Waals surface area (Å²) in [4.78, 5) is 11.7. The Bertz CT molecular complexity index is 1110. The molecular weight excluding hydrogens is 450 g/mol. The van der Waals surface area contributed by atoms with Crippen LogP contribution in [0.15, 0.2) is 48.5 Å². The first kappa shape index (κ1) is 24.4. The second-order valence-corrected chi connectivity index (χ2v) is 11.9. The molecule has 1 aliphatic heterocycles. The van der Waals surface area contributed by atoms with Crippen molar-refractivity contribution in [2.24, 2.45) is 11.8 Å². The summed E-state index contributed by atoms with van der Waals surface area (Å²) >= 11 is 2.14. The summed E-state index contributed by atoms with van der Waals surface area (Å²) in [6.07, 6.45) is 6.22. The predicted octanol–water partition coefficient (Wildman–Crippen LogP) is 6.06. The van der Waals surface area contributed by atoms with E-state index in [1.54, 1.807) is 0 Å². The SMILES string of the molecule is Cc1ccc(C2CC(CNCC3CCC(Nc4nc(N(C)C)c5ccccc5n4)CC3)CS2)cc1. The van der Waals surface area contributed by atoms with Crippen molar-refractivity contribution in [1.29, 1.82) is 0 Å². The Kier molecular flexibility index (Phi) is 7.78. The van der Waals surface area contributed by atoms with Crippen LogP contribution in [-0.2, 0) is 0 Å². The number of aryl methyl sites for hydroxylation is 1. The molecule has 2 fully saturated rings. The number of para-hydroxylation sites is 1. The van der Waals surface area contributed by atoms with Crippen molar-refractivity contribution < 1.29 is 0 Å². The highest BCUT2D eigenvalue weighted by Gasteiger charge is 2.27. The molecule has 1 aliphatic carbocycles. The molecule has 1 aromatic heterocycles. The van der Waals surface area contributed by atoms with Gasteiger partial charge in [0.2, 0.25) is 5.95 Å². The lowest BCUT2D eigenvalue weighted by Crippen LogP contribution is -2.33. The zero-order valence-corrected chi connectivity index (χ0v) is 22.2. The van der Waals surface area contributed by atoms with Gasteiger partial charge in [-0.3, -0.25) is 0 Å². The minimum absolute atomic E-state index is 0.462. The van der Waals surface area contributed by atoms with E-state index in [9.17, 15) is 0 Å². The number of benzene rings is 2. The van der Waals surface area contributed by atoms with Crippen molar-refractivity contribution in [2.75, 3.05) is 43.2 Å². The second kappa shape index (κ2) is 11.2. The minimum atomic E-state index is 0.462. The van der Waals surface area contributed by atoms with Crippen molar-refractivity contribution in [3.05, 3.63) is 59.7 Å². The van der Waals surface area contributed by atoms with Gasteiger partial charge < -0.3 is 15.5 Å². The first-order chi connectivity index (χ1) is 17.0. The van der Waals surface area contributed by atoms with Crippen LogP contribution in [0.25, 0.3) is 10.9 Å². The number of hydrogen-bond donors (Lipinski definition) is 2. The van der Waals surface area contributed by atoms with Crippen LogP contribution in [0.1, 0.15) is 48.5 Å². The Morgan fingerprint density at radius 2 is 1.66 bits per heavy atom. The van der Waals surface area contributed by atoms with Crippen molar-refractivity contribution in [3.8, 4) is 0 Å². The van der Waals surface area contributed by atoms with E-state index in [0.717, 1.165) is 47.6 Å². The molecule has 186 valence electrons. The Morgan fingerprint density at radius 1 is 0.914 bits per heavy atom. The van der Waals surface area contributed by atoms with Gasteiger partial charge in [-0.1, -0.05) is 42.0 Å². The number of rotatable bonds is 8. The van der Waals surface area contributed by atoms with Crippen molar-refractivity contribution in [3.63, 3.8) is 0 Å². The summed E-state index contributed by atoms with van der Waals surface area (Å²) in [5.74, 6) is 4.59. The molecule has 5 nitrogen and oxygen atoms in total. The fourth-order valence-electron chi connectivity index (χ4n) is 5.50. The monoisotopic (exact) mass is 489 g/mol. The minimum Gasteiger partial charge on any atom is -0.362 e. The highest BCUT2D eigenvalue weighted by molar-refractivity contribution is 7.99. The van der Waals surface area contributed by atoms with Crippen molar-refractivity contribution >= 4 is 34.4 Å². The molecule has 0 radical (unpaired) electrons. The van der Waals surface area contributed by atoms with Gasteiger partial charge in [0.1, 0.15) is 5.82 Å². The number of thioether (sulfide) groups is 1. The average molecular weight is 490 g/mol. The normalized spacial score (nSPS) is 24.5. The van der Waals surface area contributed by atoms with Gasteiger partial charge in [0, 0.05) is 30.8 Å². The fourth-order valence-corrected chi connectivity index (χ4v) is 7.01. The Hall–Kier alpha value is -2.31. The largest absolute Gasteiger partial charge is 0.362 e. The van der Waals surface area contributed by atoms with Crippen molar-refractivity contribution in [2.45, 2.75) is 50.3 Å². The lowest BCUT2D eigenvalue weighted by molar-refractivity contribution is 0.318. The molecule has 1 saturated heterocycles. The average Bonchev–Trinajstić information content (AvgIpc) is 3.34. The van der Waals surface area contributed by atoms with Crippen LogP contribution in [0.3, 0.4) is 0 Å². The van der Waals surface area contributed by atoms with E-state index < -0.39 is 0 Å². The lowest BCUT2D eigenvalue weighted by Gasteiger charge is -2.30. The highest BCUT2D eigenvalue weighted by atomic mass is 32.2. The summed E-state index contributed by atoms with van der Waals surface area (Å²) in [7, 11) is 4.09. The molecular formula is C29H39N5S. The highest BCUT2D eigenvalue weighted by Crippen LogP contribution is 2.43. The Balaban J connectivity index is 1.06. The second-order valence-electron chi connectivity index (χ2n) is 10.6. The zero-order chi connectivity index (χ0) is 24.2. The Labute approximate surface area is 214 Å². The molecule has 0 amide bonds. The van der Waals surface area contributed by atoms with Gasteiger partial charge in [0.15, 0.2) is 0 Å². The molecule has 2 atom stereocenters. The fraction of sp³-hybridized carbons (Fsp3) is 0.517. The molecule has 2 aliphatic rings. The first-order valence-corrected chi connectivity index (χ1v) is 14.2. The molecule has 1 saturated carbocycles. The summed E-state index contributed by atoms with van der Waals surface area (Å²) in [6.45, 7) is 4.48. The Morgan fingerprint density at radius 3 is 2.43 bits per heavy atom. The third kappa shape index (κ3) is 6.10. The summed E-state index contributed by atoms with van der Waals surface area (Å²) < 4.78 is 0. The molecule has 0 bridgehead atoms. The topological polar surface area (TPSA) is 53.1 Å². The molecule has 35 heavy (non-hydrogen) atoms. The predicted molar refractivity (Wildman–Crippen MR) is 151 cm³/mol. The van der Waals surface area contributed by atoms with E-state index >= 15 is 0 Å². The first-order valence-electron chi connectivity index (χ1n) is 13.1. The molecule has 0 spiro atoms. The van der Waals surface area contributed by atoms with Crippen LogP contribution >= 0.6 is 11.8 Å². The van der Waals surface area contributed by atoms with Gasteiger partial charge in [0.25, 0.3) is 0 Å². The van der Waals surface area contributed by atoms with Crippen molar-refractivity contribution in [1.82, 2.24) is 15.3 Å². The number of nitrogens with one attached hydrogen (secondary N) is 2. The van der Waals surface area contributed by atoms with Crippen LogP contribution in [0.2, 0.25) is 0 Å². The third-order valence-corrected chi connectivity index (χ3v) is 9.11. The maximum atomic E-state index is 4.83. The van der Waals surface area contributed by atoms with E-state index in [0.29, 0.717) is 11.3 Å². The summed E-state index contributed by atoms with van der Waals surface area (Å²) in [5, 5.41) is 9.24. The third-order valence-electron chi connectivity index (χ3n) is 7.58. The maximum absolute atomic E-state index is 4.83. The van der Waals surface area contributed by atoms with Crippen LogP contribution in [-0.4, -0.2) is 48.9 Å². The molecule has 2 aromatic carbocycles. The van der Waals surface area contributed by atoms with Gasteiger partial charge >= 0.3 is 0 Å². The van der Waals surface area contributed by atoms with E-state index in [1.165, 1.54) is 49.0 Å². The quantitative estimate of drug-likeness (QED) is 0.401. The van der Waals surface area contributed by atoms with E-state index in [-0.39, 0.29) is 0 Å². The summed E-state index contributed by atoms with van der Waals surface area (Å²) in [6, 6.07) is 17.9. The van der Waals surface area contributed by atoms with Gasteiger partial charge in [0.05, 0.1) is 5.52 Å². The number of hydrogen-bond acceptors (Lipinski definition) is 6. The van der Waals surface area contributed by atoms with E-state index in [4.69, 9.17) is 9.97 Å². The lowest BCUT2D eigenvalue weighted by atomic mass is 9.86. The number of nitrogens with zero attached hydrogens (tertiary/aromatic N) is 3. The zero-order valence-electron chi connectivity index (χ0n) is 21.3. The van der Waals surface area contributed by atoms with Crippen LogP contribution in [0.4, 0.5) is 11.8 Å². The van der Waals surface area contributed by atoms with Crippen LogP contribution in [0.5, 0.6) is 0 Å². The number of fused-ring (bicyclic) bond motifs is 1.